The van der Waals surface area contributed by atoms with Crippen LogP contribution in [0, 0.1) is 5.92 Å². The number of nitrogens with two attached hydrogens (primary N) is 1. The highest BCUT2D eigenvalue weighted by molar-refractivity contribution is 6.04. The molecule has 3 atom stereocenters. The summed E-state index contributed by atoms with van der Waals surface area (Å²) in [5, 5.41) is 0. The Hall–Kier alpha value is -1.59. The predicted octanol–water partition coefficient (Wildman–Crippen LogP) is 1.52. The number of rotatable bonds is 2. The quantitative estimate of drug-likeness (QED) is 0.897. The van der Waals surface area contributed by atoms with Crippen LogP contribution in [0.5, 0.6) is 0 Å². The molecule has 0 radical (unpaired) electrons. The number of carbonyl (C=O) groups excluding carboxylic acids is 1. The third-order valence-corrected chi connectivity index (χ3v) is 4.86. The van der Waals surface area contributed by atoms with Gasteiger partial charge in [-0.05, 0) is 24.5 Å². The maximum Gasteiger partial charge on any atom is 0.248 e. The first-order valence-corrected chi connectivity index (χ1v) is 7.47. The van der Waals surface area contributed by atoms with Crippen LogP contribution in [0.1, 0.15) is 24.9 Å². The van der Waals surface area contributed by atoms with Crippen molar-refractivity contribution in [3.63, 3.8) is 0 Å². The summed E-state index contributed by atoms with van der Waals surface area (Å²) in [6, 6.07) is 5.60. The lowest BCUT2D eigenvalue weighted by molar-refractivity contribution is -0.118. The summed E-state index contributed by atoms with van der Waals surface area (Å²) in [5.41, 5.74) is 8.93. The van der Waals surface area contributed by atoms with Gasteiger partial charge in [-0.15, -0.1) is 0 Å². The number of ether oxygens (including phenoxy) is 1. The van der Waals surface area contributed by atoms with Gasteiger partial charge in [0.15, 0.2) is 0 Å². The van der Waals surface area contributed by atoms with E-state index >= 15 is 0 Å². The molecule has 1 saturated heterocycles. The smallest absolute Gasteiger partial charge is 0.248 e. The van der Waals surface area contributed by atoms with Gasteiger partial charge in [0.25, 0.3) is 0 Å². The van der Waals surface area contributed by atoms with E-state index in [1.54, 1.807) is 19.1 Å². The van der Waals surface area contributed by atoms with E-state index in [0.717, 1.165) is 36.4 Å². The van der Waals surface area contributed by atoms with Crippen molar-refractivity contribution in [1.82, 2.24) is 0 Å². The van der Waals surface area contributed by atoms with E-state index in [2.05, 4.69) is 24.0 Å². The Morgan fingerprint density at radius 2 is 2.14 bits per heavy atom. The van der Waals surface area contributed by atoms with Gasteiger partial charge in [-0.2, -0.15) is 0 Å². The zero-order chi connectivity index (χ0) is 15.1. The first kappa shape index (κ1) is 14.4. The number of piperidine rings is 1. The minimum atomic E-state index is -0.521. The highest BCUT2D eigenvalue weighted by atomic mass is 16.5. The normalized spacial score (nSPS) is 29.0. The van der Waals surface area contributed by atoms with Crippen molar-refractivity contribution in [2.45, 2.75) is 25.5 Å². The number of methoxy groups -OCH3 is 1. The molecule has 21 heavy (non-hydrogen) atoms. The monoisotopic (exact) mass is 289 g/mol. The Kier molecular flexibility index (Phi) is 3.63. The zero-order valence-corrected chi connectivity index (χ0v) is 12.9. The number of fused-ring (bicyclic) bond motifs is 1. The van der Waals surface area contributed by atoms with Crippen molar-refractivity contribution in [1.29, 1.82) is 0 Å². The summed E-state index contributed by atoms with van der Waals surface area (Å²) >= 11 is 0. The van der Waals surface area contributed by atoms with Gasteiger partial charge in [0, 0.05) is 38.5 Å². The molecule has 0 spiro atoms. The molecule has 2 aliphatic rings. The SMILES string of the molecule is COC1CN(c2ccc3c(c2)N(C)C(=O)C3N)CCC1C. The molecule has 1 amide bonds. The molecule has 5 nitrogen and oxygen atoms in total. The van der Waals surface area contributed by atoms with Crippen LogP contribution >= 0.6 is 0 Å². The first-order chi connectivity index (χ1) is 10.0. The average molecular weight is 289 g/mol. The number of hydrogen-bond acceptors (Lipinski definition) is 4. The summed E-state index contributed by atoms with van der Waals surface area (Å²) in [7, 11) is 3.56. The van der Waals surface area contributed by atoms with Crippen LogP contribution in [0.3, 0.4) is 0 Å². The molecule has 114 valence electrons. The van der Waals surface area contributed by atoms with E-state index in [-0.39, 0.29) is 12.0 Å². The van der Waals surface area contributed by atoms with E-state index in [1.807, 2.05) is 6.07 Å². The molecular weight excluding hydrogens is 266 g/mol. The van der Waals surface area contributed by atoms with Crippen molar-refractivity contribution in [2.75, 3.05) is 37.0 Å². The fraction of sp³-hybridized carbons (Fsp3) is 0.562. The fourth-order valence-corrected chi connectivity index (χ4v) is 3.32. The highest BCUT2D eigenvalue weighted by Crippen LogP contribution is 2.37. The van der Waals surface area contributed by atoms with Crippen LogP contribution in [0.2, 0.25) is 0 Å². The number of nitrogens with zero attached hydrogens (tertiary/aromatic N) is 2. The number of hydrogen-bond donors (Lipinski definition) is 1. The molecule has 5 heteroatoms. The number of amides is 1. The summed E-state index contributed by atoms with van der Waals surface area (Å²) in [4.78, 5) is 15.9. The van der Waals surface area contributed by atoms with Crippen LogP contribution in [0.25, 0.3) is 0 Å². The Morgan fingerprint density at radius 1 is 1.38 bits per heavy atom. The molecule has 1 fully saturated rings. The Labute approximate surface area is 125 Å². The Bertz CT molecular complexity index is 560. The number of anilines is 2. The van der Waals surface area contributed by atoms with Gasteiger partial charge < -0.3 is 20.3 Å². The maximum absolute atomic E-state index is 12.0. The van der Waals surface area contributed by atoms with Crippen molar-refractivity contribution >= 4 is 17.3 Å². The molecule has 0 saturated carbocycles. The summed E-state index contributed by atoms with van der Waals surface area (Å²) in [5.74, 6) is 0.544. The Balaban J connectivity index is 1.87. The molecule has 1 aromatic rings. The number of likely N-dealkylation sites (N-methyl/N-ethyl adjacent to an activating group) is 1. The number of carbonyl (C=O) groups is 1. The van der Waals surface area contributed by atoms with Crippen LogP contribution in [-0.2, 0) is 9.53 Å². The van der Waals surface area contributed by atoms with E-state index in [4.69, 9.17) is 10.5 Å². The molecular formula is C16H23N3O2. The maximum atomic E-state index is 12.0. The first-order valence-electron chi connectivity index (χ1n) is 7.47. The lowest BCUT2D eigenvalue weighted by Gasteiger charge is -2.37. The molecule has 3 unspecified atom stereocenters. The van der Waals surface area contributed by atoms with Gasteiger partial charge >= 0.3 is 0 Å². The summed E-state index contributed by atoms with van der Waals surface area (Å²) in [6.07, 6.45) is 1.37. The largest absolute Gasteiger partial charge is 0.379 e. The van der Waals surface area contributed by atoms with Gasteiger partial charge in [0.1, 0.15) is 6.04 Å². The Morgan fingerprint density at radius 3 is 2.86 bits per heavy atom. The molecule has 0 bridgehead atoms. The van der Waals surface area contributed by atoms with E-state index < -0.39 is 6.04 Å². The molecule has 0 aromatic heterocycles. The van der Waals surface area contributed by atoms with Gasteiger partial charge in [-0.3, -0.25) is 4.79 Å². The van der Waals surface area contributed by atoms with Gasteiger partial charge in [-0.1, -0.05) is 13.0 Å². The van der Waals surface area contributed by atoms with E-state index in [1.165, 1.54) is 0 Å². The van der Waals surface area contributed by atoms with Crippen molar-refractivity contribution in [2.24, 2.45) is 11.7 Å². The third-order valence-electron chi connectivity index (χ3n) is 4.86. The topological polar surface area (TPSA) is 58.8 Å². The predicted molar refractivity (Wildman–Crippen MR) is 83.6 cm³/mol. The minimum Gasteiger partial charge on any atom is -0.379 e. The second kappa shape index (κ2) is 5.31. The van der Waals surface area contributed by atoms with Crippen molar-refractivity contribution < 1.29 is 9.53 Å². The van der Waals surface area contributed by atoms with E-state index in [9.17, 15) is 4.79 Å². The van der Waals surface area contributed by atoms with Crippen LogP contribution in [-0.4, -0.2) is 39.3 Å². The highest BCUT2D eigenvalue weighted by Gasteiger charge is 2.33. The lowest BCUT2D eigenvalue weighted by atomic mass is 9.95. The second-order valence-corrected chi connectivity index (χ2v) is 6.10. The minimum absolute atomic E-state index is 0.0378. The van der Waals surface area contributed by atoms with Gasteiger partial charge in [0.2, 0.25) is 5.91 Å². The van der Waals surface area contributed by atoms with Gasteiger partial charge in [0.05, 0.1) is 11.8 Å². The summed E-state index contributed by atoms with van der Waals surface area (Å²) < 4.78 is 5.58. The van der Waals surface area contributed by atoms with E-state index in [0.29, 0.717) is 5.92 Å². The van der Waals surface area contributed by atoms with Crippen molar-refractivity contribution in [3.05, 3.63) is 23.8 Å². The van der Waals surface area contributed by atoms with Crippen LogP contribution in [0.15, 0.2) is 18.2 Å². The summed E-state index contributed by atoms with van der Waals surface area (Å²) in [6.45, 7) is 4.14. The molecule has 2 N–H and O–H groups in total. The zero-order valence-electron chi connectivity index (χ0n) is 12.9. The van der Waals surface area contributed by atoms with Gasteiger partial charge in [-0.25, -0.2) is 0 Å². The standard InChI is InChI=1S/C16H23N3O2/c1-10-6-7-19(9-14(10)21-3)11-4-5-12-13(8-11)18(2)16(20)15(12)17/h4-5,8,10,14-15H,6-7,9,17H2,1-3H3. The van der Waals surface area contributed by atoms with Crippen molar-refractivity contribution in [3.8, 4) is 0 Å². The molecule has 2 heterocycles. The lowest BCUT2D eigenvalue weighted by Crippen LogP contribution is -2.43. The molecule has 2 aliphatic heterocycles. The molecule has 1 aromatic carbocycles. The second-order valence-electron chi connectivity index (χ2n) is 6.10. The van der Waals surface area contributed by atoms with Crippen LogP contribution < -0.4 is 15.5 Å². The molecule has 0 aliphatic carbocycles. The van der Waals surface area contributed by atoms with Crippen LogP contribution in [0.4, 0.5) is 11.4 Å². The third kappa shape index (κ3) is 2.30. The average Bonchev–Trinajstić information content (AvgIpc) is 2.72. The number of benzene rings is 1. The molecule has 3 rings (SSSR count). The fourth-order valence-electron chi connectivity index (χ4n) is 3.32.